The summed E-state index contributed by atoms with van der Waals surface area (Å²) in [4.78, 5) is 27.6. The van der Waals surface area contributed by atoms with Crippen LogP contribution in [0.2, 0.25) is 5.02 Å². The zero-order valence-electron chi connectivity index (χ0n) is 17.0. The molecule has 1 atom stereocenters. The molecule has 5 nitrogen and oxygen atoms in total. The smallest absolute Gasteiger partial charge is 0.287 e. The first kappa shape index (κ1) is 20.6. The maximum Gasteiger partial charge on any atom is 0.287 e. The molecule has 2 heterocycles. The van der Waals surface area contributed by atoms with Gasteiger partial charge in [0, 0.05) is 17.6 Å². The molecule has 0 spiro atoms. The number of likely N-dealkylation sites (tertiary alicyclic amines) is 1. The number of carbonyl (C=O) groups is 1. The minimum atomic E-state index is -0.390. The highest BCUT2D eigenvalue weighted by molar-refractivity contribution is 6.31. The summed E-state index contributed by atoms with van der Waals surface area (Å²) in [6, 6.07) is 14.7. The van der Waals surface area contributed by atoms with E-state index in [9.17, 15) is 9.59 Å². The Hall–Kier alpha value is -2.63. The van der Waals surface area contributed by atoms with Crippen LogP contribution in [0.5, 0.6) is 0 Å². The monoisotopic (exact) mass is 424 g/mol. The maximum absolute atomic E-state index is 12.8. The highest BCUT2D eigenvalue weighted by Gasteiger charge is 2.24. The lowest BCUT2D eigenvalue weighted by Crippen LogP contribution is -2.37. The van der Waals surface area contributed by atoms with E-state index in [4.69, 9.17) is 16.0 Å². The molecule has 156 valence electrons. The summed E-state index contributed by atoms with van der Waals surface area (Å²) in [5.41, 5.74) is 2.54. The Morgan fingerprint density at radius 1 is 1.13 bits per heavy atom. The molecule has 1 aliphatic rings. The molecule has 0 saturated carbocycles. The average Bonchev–Trinajstić information content (AvgIpc) is 3.29. The van der Waals surface area contributed by atoms with Crippen LogP contribution in [0.1, 0.15) is 47.5 Å². The van der Waals surface area contributed by atoms with Crippen molar-refractivity contribution in [3.63, 3.8) is 0 Å². The largest absolute Gasteiger partial charge is 0.451 e. The molecule has 4 rings (SSSR count). The van der Waals surface area contributed by atoms with E-state index in [1.54, 1.807) is 18.2 Å². The Balaban J connectivity index is 1.54. The number of aryl methyl sites for hydroxylation is 1. The van der Waals surface area contributed by atoms with Crippen molar-refractivity contribution in [2.45, 2.75) is 32.2 Å². The fourth-order valence-electron chi connectivity index (χ4n) is 4.00. The number of fused-ring (bicyclic) bond motifs is 1. The lowest BCUT2D eigenvalue weighted by Gasteiger charge is -2.28. The third-order valence-corrected chi connectivity index (χ3v) is 5.96. The van der Waals surface area contributed by atoms with Gasteiger partial charge in [0.15, 0.2) is 11.2 Å². The lowest BCUT2D eigenvalue weighted by molar-refractivity contribution is 0.0910. The summed E-state index contributed by atoms with van der Waals surface area (Å²) >= 11 is 5.95. The van der Waals surface area contributed by atoms with Crippen molar-refractivity contribution in [3.05, 3.63) is 80.7 Å². The zero-order valence-corrected chi connectivity index (χ0v) is 17.7. The average molecular weight is 425 g/mol. The Kier molecular flexibility index (Phi) is 6.21. The van der Waals surface area contributed by atoms with Crippen LogP contribution in [0.4, 0.5) is 0 Å². The van der Waals surface area contributed by atoms with E-state index in [1.165, 1.54) is 30.0 Å². The van der Waals surface area contributed by atoms with Crippen molar-refractivity contribution in [1.82, 2.24) is 10.2 Å². The van der Waals surface area contributed by atoms with Gasteiger partial charge in [0.1, 0.15) is 5.58 Å². The quantitative estimate of drug-likeness (QED) is 0.629. The minimum absolute atomic E-state index is 0.0105. The number of hydrogen-bond donors (Lipinski definition) is 1. The van der Waals surface area contributed by atoms with Gasteiger partial charge in [-0.15, -0.1) is 0 Å². The third-order valence-electron chi connectivity index (χ3n) is 5.72. The number of amides is 1. The van der Waals surface area contributed by atoms with Gasteiger partial charge in [-0.1, -0.05) is 42.8 Å². The standard InChI is InChI=1S/C24H25ClN2O3/c1-2-16-5-7-17(8-6-16)20(27-11-3-4-12-27)15-26-24(29)23-14-21(28)19-13-18(25)9-10-22(19)30-23/h5-10,13-14,20H,2-4,11-12,15H2,1H3,(H,26,29)/t20-/m0/s1. The zero-order chi connectivity index (χ0) is 21.1. The van der Waals surface area contributed by atoms with E-state index in [1.807, 2.05) is 0 Å². The van der Waals surface area contributed by atoms with Crippen LogP contribution in [-0.4, -0.2) is 30.4 Å². The molecule has 0 radical (unpaired) electrons. The van der Waals surface area contributed by atoms with Crippen molar-refractivity contribution in [3.8, 4) is 0 Å². The molecule has 1 aliphatic heterocycles. The summed E-state index contributed by atoms with van der Waals surface area (Å²) in [7, 11) is 0. The summed E-state index contributed by atoms with van der Waals surface area (Å²) in [5, 5.41) is 3.79. The maximum atomic E-state index is 12.8. The van der Waals surface area contributed by atoms with Gasteiger partial charge in [0.2, 0.25) is 0 Å². The molecule has 0 bridgehead atoms. The second kappa shape index (κ2) is 9.02. The molecule has 1 fully saturated rings. The van der Waals surface area contributed by atoms with Crippen LogP contribution < -0.4 is 10.7 Å². The van der Waals surface area contributed by atoms with Gasteiger partial charge in [-0.05, 0) is 61.7 Å². The first-order valence-electron chi connectivity index (χ1n) is 10.4. The highest BCUT2D eigenvalue weighted by atomic mass is 35.5. The summed E-state index contributed by atoms with van der Waals surface area (Å²) in [6.45, 7) is 4.62. The Bertz CT molecular complexity index is 1100. The summed E-state index contributed by atoms with van der Waals surface area (Å²) in [6.07, 6.45) is 3.33. The molecule has 1 saturated heterocycles. The molecule has 1 N–H and O–H groups in total. The van der Waals surface area contributed by atoms with E-state index in [0.717, 1.165) is 19.5 Å². The molecule has 6 heteroatoms. The Morgan fingerprint density at radius 3 is 2.57 bits per heavy atom. The van der Waals surface area contributed by atoms with Crippen molar-refractivity contribution in [1.29, 1.82) is 0 Å². The van der Waals surface area contributed by atoms with E-state index in [-0.39, 0.29) is 17.2 Å². The first-order valence-corrected chi connectivity index (χ1v) is 10.8. The molecule has 2 aromatic carbocycles. The number of benzene rings is 2. The molecule has 0 aliphatic carbocycles. The third kappa shape index (κ3) is 4.42. The number of rotatable bonds is 6. The number of hydrogen-bond acceptors (Lipinski definition) is 4. The van der Waals surface area contributed by atoms with Crippen molar-refractivity contribution >= 4 is 28.5 Å². The first-order chi connectivity index (χ1) is 14.5. The summed E-state index contributed by atoms with van der Waals surface area (Å²) < 4.78 is 5.67. The van der Waals surface area contributed by atoms with Gasteiger partial charge < -0.3 is 9.73 Å². The molecule has 30 heavy (non-hydrogen) atoms. The van der Waals surface area contributed by atoms with Gasteiger partial charge in [-0.2, -0.15) is 0 Å². The number of halogens is 1. The van der Waals surface area contributed by atoms with E-state index >= 15 is 0 Å². The molecule has 1 amide bonds. The van der Waals surface area contributed by atoms with Gasteiger partial charge >= 0.3 is 0 Å². The number of nitrogens with one attached hydrogen (secondary N) is 1. The fraction of sp³-hybridized carbons (Fsp3) is 0.333. The van der Waals surface area contributed by atoms with E-state index < -0.39 is 5.91 Å². The van der Waals surface area contributed by atoms with Crippen molar-refractivity contribution < 1.29 is 9.21 Å². The van der Waals surface area contributed by atoms with Gasteiger partial charge in [0.25, 0.3) is 5.91 Å². The normalized spacial score (nSPS) is 15.4. The topological polar surface area (TPSA) is 62.6 Å². The van der Waals surface area contributed by atoms with Gasteiger partial charge in [-0.25, -0.2) is 0 Å². The highest BCUT2D eigenvalue weighted by Crippen LogP contribution is 2.25. The molecular formula is C24H25ClN2O3. The van der Waals surface area contributed by atoms with E-state index in [2.05, 4.69) is 41.4 Å². The van der Waals surface area contributed by atoms with Crippen LogP contribution in [-0.2, 0) is 6.42 Å². The van der Waals surface area contributed by atoms with Crippen molar-refractivity contribution in [2.75, 3.05) is 19.6 Å². The Morgan fingerprint density at radius 2 is 1.87 bits per heavy atom. The number of carbonyl (C=O) groups excluding carboxylic acids is 1. The SMILES string of the molecule is CCc1ccc([C@H](CNC(=O)c2cc(=O)c3cc(Cl)ccc3o2)N2CCCC2)cc1. The second-order valence-electron chi connectivity index (χ2n) is 7.68. The number of nitrogens with zero attached hydrogens (tertiary/aromatic N) is 1. The fourth-order valence-corrected chi connectivity index (χ4v) is 4.18. The molecular weight excluding hydrogens is 400 g/mol. The predicted molar refractivity (Wildman–Crippen MR) is 119 cm³/mol. The minimum Gasteiger partial charge on any atom is -0.451 e. The second-order valence-corrected chi connectivity index (χ2v) is 8.12. The van der Waals surface area contributed by atoms with Crippen LogP contribution in [0, 0.1) is 0 Å². The Labute approximate surface area is 180 Å². The summed E-state index contributed by atoms with van der Waals surface area (Å²) in [5.74, 6) is -0.380. The van der Waals surface area contributed by atoms with Gasteiger partial charge in [0.05, 0.1) is 11.4 Å². The molecule has 3 aromatic rings. The van der Waals surface area contributed by atoms with Crippen LogP contribution >= 0.6 is 11.6 Å². The van der Waals surface area contributed by atoms with Crippen LogP contribution in [0.25, 0.3) is 11.0 Å². The lowest BCUT2D eigenvalue weighted by atomic mass is 10.0. The molecule has 0 unspecified atom stereocenters. The van der Waals surface area contributed by atoms with Crippen LogP contribution in [0.15, 0.2) is 57.7 Å². The molecule has 1 aromatic heterocycles. The van der Waals surface area contributed by atoms with Crippen molar-refractivity contribution in [2.24, 2.45) is 0 Å². The van der Waals surface area contributed by atoms with Gasteiger partial charge in [-0.3, -0.25) is 14.5 Å². The predicted octanol–water partition coefficient (Wildman–Crippen LogP) is 4.58. The van der Waals surface area contributed by atoms with Crippen LogP contribution in [0.3, 0.4) is 0 Å². The van der Waals surface area contributed by atoms with E-state index in [0.29, 0.717) is 22.5 Å².